The molecule has 0 unspecified atom stereocenters. The topological polar surface area (TPSA) is 123 Å². The zero-order chi connectivity index (χ0) is 22.0. The van der Waals surface area contributed by atoms with Crippen molar-refractivity contribution in [3.63, 3.8) is 0 Å². The van der Waals surface area contributed by atoms with Crippen LogP contribution in [0, 0.1) is 0 Å². The lowest BCUT2D eigenvalue weighted by atomic mass is 10.1. The monoisotopic (exact) mass is 453 g/mol. The number of hydrogen-bond donors (Lipinski definition) is 2. The first-order chi connectivity index (χ1) is 14.8. The first kappa shape index (κ1) is 20.7. The third kappa shape index (κ3) is 4.48. The molecule has 0 aliphatic carbocycles. The van der Waals surface area contributed by atoms with E-state index in [1.807, 2.05) is 30.3 Å². The van der Waals surface area contributed by atoms with Gasteiger partial charge in [0.25, 0.3) is 10.1 Å². The SMILES string of the molecule is Nc1c(N=Nc2ccc(S(=O)(=O)O)cc2)c(-c2ccc(Cl)cc2)nn1-c1ccccc1. The Kier molecular flexibility index (Phi) is 5.55. The quantitative estimate of drug-likeness (QED) is 0.307. The summed E-state index contributed by atoms with van der Waals surface area (Å²) >= 11 is 6.00. The van der Waals surface area contributed by atoms with E-state index in [0.29, 0.717) is 22.1 Å². The Morgan fingerprint density at radius 3 is 2.16 bits per heavy atom. The van der Waals surface area contributed by atoms with Crippen LogP contribution in [0.4, 0.5) is 17.2 Å². The van der Waals surface area contributed by atoms with Gasteiger partial charge < -0.3 is 5.73 Å². The Morgan fingerprint density at radius 2 is 1.55 bits per heavy atom. The van der Waals surface area contributed by atoms with Crippen molar-refractivity contribution in [2.75, 3.05) is 5.73 Å². The maximum atomic E-state index is 11.2. The molecule has 0 saturated heterocycles. The normalized spacial score (nSPS) is 11.8. The van der Waals surface area contributed by atoms with Gasteiger partial charge >= 0.3 is 0 Å². The highest BCUT2D eigenvalue weighted by Crippen LogP contribution is 2.37. The summed E-state index contributed by atoms with van der Waals surface area (Å²) in [6, 6.07) is 21.8. The lowest BCUT2D eigenvalue weighted by Crippen LogP contribution is -2.01. The molecule has 3 aromatic carbocycles. The molecule has 3 N–H and O–H groups in total. The maximum Gasteiger partial charge on any atom is 0.294 e. The fraction of sp³-hybridized carbons (Fsp3) is 0. The van der Waals surface area contributed by atoms with E-state index in [0.717, 1.165) is 11.3 Å². The van der Waals surface area contributed by atoms with Crippen LogP contribution in [0.5, 0.6) is 0 Å². The Bertz CT molecular complexity index is 1350. The third-order valence-electron chi connectivity index (χ3n) is 4.41. The minimum Gasteiger partial charge on any atom is -0.382 e. The molecule has 0 amide bonds. The van der Waals surface area contributed by atoms with Crippen LogP contribution in [0.3, 0.4) is 0 Å². The molecule has 0 spiro atoms. The Labute approximate surface area is 183 Å². The molecule has 4 aromatic rings. The minimum atomic E-state index is -4.28. The lowest BCUT2D eigenvalue weighted by molar-refractivity contribution is 0.483. The highest BCUT2D eigenvalue weighted by Gasteiger charge is 2.18. The molecule has 0 bridgehead atoms. The fourth-order valence-corrected chi connectivity index (χ4v) is 3.49. The number of nitrogens with two attached hydrogens (primary N) is 1. The largest absolute Gasteiger partial charge is 0.382 e. The summed E-state index contributed by atoms with van der Waals surface area (Å²) in [5, 5.41) is 13.7. The number of nitrogen functional groups attached to an aromatic ring is 1. The van der Waals surface area contributed by atoms with Gasteiger partial charge in [0, 0.05) is 10.6 Å². The van der Waals surface area contributed by atoms with Gasteiger partial charge in [-0.25, -0.2) is 4.68 Å². The second-order valence-electron chi connectivity index (χ2n) is 6.51. The van der Waals surface area contributed by atoms with Crippen molar-refractivity contribution in [3.05, 3.63) is 83.9 Å². The standard InChI is InChI=1S/C21H16ClN5O3S/c22-15-8-6-14(7-9-15)19-20(21(23)27(26-19)17-4-2-1-3-5-17)25-24-16-10-12-18(13-11-16)31(28,29)30/h1-13H,23H2,(H,28,29,30). The zero-order valence-electron chi connectivity index (χ0n) is 15.9. The lowest BCUT2D eigenvalue weighted by Gasteiger charge is -2.02. The summed E-state index contributed by atoms with van der Waals surface area (Å²) < 4.78 is 33.1. The molecular weight excluding hydrogens is 438 g/mol. The number of para-hydroxylation sites is 1. The molecule has 0 fully saturated rings. The van der Waals surface area contributed by atoms with Gasteiger partial charge in [-0.05, 0) is 48.5 Å². The van der Waals surface area contributed by atoms with Crippen LogP contribution in [-0.2, 0) is 10.1 Å². The van der Waals surface area contributed by atoms with Crippen molar-refractivity contribution in [2.45, 2.75) is 4.90 Å². The number of halogens is 1. The van der Waals surface area contributed by atoms with E-state index in [2.05, 4.69) is 15.3 Å². The van der Waals surface area contributed by atoms with Crippen molar-refractivity contribution < 1.29 is 13.0 Å². The number of hydrogen-bond acceptors (Lipinski definition) is 6. The van der Waals surface area contributed by atoms with Gasteiger partial charge in [0.05, 0.1) is 16.3 Å². The molecule has 8 nitrogen and oxygen atoms in total. The maximum absolute atomic E-state index is 11.2. The molecule has 4 rings (SSSR count). The summed E-state index contributed by atoms with van der Waals surface area (Å²) in [5.74, 6) is 0.287. The zero-order valence-corrected chi connectivity index (χ0v) is 17.5. The average Bonchev–Trinajstić information content (AvgIpc) is 3.09. The van der Waals surface area contributed by atoms with Crippen LogP contribution >= 0.6 is 11.6 Å². The molecule has 31 heavy (non-hydrogen) atoms. The number of azo groups is 1. The number of anilines is 1. The van der Waals surface area contributed by atoms with E-state index in [1.165, 1.54) is 24.3 Å². The summed E-state index contributed by atoms with van der Waals surface area (Å²) in [7, 11) is -4.28. The van der Waals surface area contributed by atoms with Gasteiger partial charge in [0.2, 0.25) is 0 Å². The molecule has 156 valence electrons. The average molecular weight is 454 g/mol. The summed E-state index contributed by atoms with van der Waals surface area (Å²) in [5.41, 5.74) is 9.11. The van der Waals surface area contributed by atoms with Gasteiger partial charge in [-0.1, -0.05) is 41.9 Å². The highest BCUT2D eigenvalue weighted by atomic mass is 35.5. The van der Waals surface area contributed by atoms with Crippen LogP contribution < -0.4 is 5.73 Å². The number of nitrogens with zero attached hydrogens (tertiary/aromatic N) is 4. The van der Waals surface area contributed by atoms with Gasteiger partial charge in [-0.2, -0.15) is 18.6 Å². The van der Waals surface area contributed by atoms with Crippen molar-refractivity contribution in [1.82, 2.24) is 9.78 Å². The molecular formula is C21H16ClN5O3S. The van der Waals surface area contributed by atoms with E-state index in [4.69, 9.17) is 21.9 Å². The summed E-state index contributed by atoms with van der Waals surface area (Å²) in [6.45, 7) is 0. The first-order valence-corrected chi connectivity index (χ1v) is 10.8. The van der Waals surface area contributed by atoms with E-state index >= 15 is 0 Å². The van der Waals surface area contributed by atoms with Crippen LogP contribution in [0.1, 0.15) is 0 Å². The molecule has 0 atom stereocenters. The van der Waals surface area contributed by atoms with E-state index < -0.39 is 10.1 Å². The predicted molar refractivity (Wildman–Crippen MR) is 119 cm³/mol. The Morgan fingerprint density at radius 1 is 0.903 bits per heavy atom. The van der Waals surface area contributed by atoms with Crippen LogP contribution in [0.25, 0.3) is 16.9 Å². The first-order valence-electron chi connectivity index (χ1n) is 9.02. The molecule has 0 aliphatic heterocycles. The number of benzene rings is 3. The second-order valence-corrected chi connectivity index (χ2v) is 8.36. The smallest absolute Gasteiger partial charge is 0.294 e. The molecule has 1 heterocycles. The number of aromatic nitrogens is 2. The van der Waals surface area contributed by atoms with Gasteiger partial charge in [-0.3, -0.25) is 4.55 Å². The Balaban J connectivity index is 1.79. The molecule has 10 heteroatoms. The van der Waals surface area contributed by atoms with Crippen molar-refractivity contribution in [2.24, 2.45) is 10.2 Å². The molecule has 0 saturated carbocycles. The van der Waals surface area contributed by atoms with Gasteiger partial charge in [-0.15, -0.1) is 5.11 Å². The second kappa shape index (κ2) is 8.31. The predicted octanol–water partition coefficient (Wildman–Crippen LogP) is 5.44. The van der Waals surface area contributed by atoms with Gasteiger partial charge in [0.15, 0.2) is 11.5 Å². The van der Waals surface area contributed by atoms with Crippen LogP contribution in [-0.4, -0.2) is 22.8 Å². The van der Waals surface area contributed by atoms with E-state index in [-0.39, 0.29) is 10.7 Å². The van der Waals surface area contributed by atoms with Crippen molar-refractivity contribution in [1.29, 1.82) is 0 Å². The third-order valence-corrected chi connectivity index (χ3v) is 5.53. The van der Waals surface area contributed by atoms with Crippen molar-refractivity contribution >= 4 is 38.9 Å². The summed E-state index contributed by atoms with van der Waals surface area (Å²) in [6.07, 6.45) is 0. The van der Waals surface area contributed by atoms with Crippen LogP contribution in [0.2, 0.25) is 5.02 Å². The van der Waals surface area contributed by atoms with Crippen molar-refractivity contribution in [3.8, 4) is 16.9 Å². The Hall–Kier alpha value is -3.53. The number of rotatable bonds is 5. The minimum absolute atomic E-state index is 0.232. The van der Waals surface area contributed by atoms with Gasteiger partial charge in [0.1, 0.15) is 5.69 Å². The van der Waals surface area contributed by atoms with E-state index in [1.54, 1.807) is 28.9 Å². The molecule has 0 aliphatic rings. The summed E-state index contributed by atoms with van der Waals surface area (Å²) in [4.78, 5) is -0.232. The highest BCUT2D eigenvalue weighted by molar-refractivity contribution is 7.85. The van der Waals surface area contributed by atoms with E-state index in [9.17, 15) is 8.42 Å². The fourth-order valence-electron chi connectivity index (χ4n) is 2.88. The molecule has 0 radical (unpaired) electrons. The van der Waals surface area contributed by atoms with Crippen LogP contribution in [0.15, 0.2) is 94.0 Å². The molecule has 1 aromatic heterocycles.